The Morgan fingerprint density at radius 2 is 2.00 bits per heavy atom. The molecule has 1 aromatic carbocycles. The first-order valence-corrected chi connectivity index (χ1v) is 9.41. The molecule has 3 rings (SSSR count). The number of ether oxygens (including phenoxy) is 1. The molecular weight excluding hydrogens is 350 g/mol. The Hall–Kier alpha value is -2.27. The molecule has 1 atom stereocenters. The Balaban J connectivity index is 1.56. The zero-order chi connectivity index (χ0) is 18.4. The Bertz CT molecular complexity index is 733. The molecule has 1 N–H and O–H groups in total. The van der Waals surface area contributed by atoms with Crippen LogP contribution in [0.1, 0.15) is 36.5 Å². The summed E-state index contributed by atoms with van der Waals surface area (Å²) in [7, 11) is 0. The standard InChI is InChI=1S/C20H24ClN3O2/c1-15(26-17-8-4-2-5-9-17)13-22-19-18(21)12-16(14-23-19)20(25)24-10-6-3-7-11-24/h2,4-5,8-9,12,14-15H,3,6-7,10-11,13H2,1H3,(H,22,23). The van der Waals surface area contributed by atoms with E-state index in [0.29, 0.717) is 22.9 Å². The van der Waals surface area contributed by atoms with E-state index in [-0.39, 0.29) is 12.0 Å². The third kappa shape index (κ3) is 4.88. The van der Waals surface area contributed by atoms with Crippen molar-refractivity contribution in [3.8, 4) is 5.75 Å². The minimum absolute atomic E-state index is 0.00595. The van der Waals surface area contributed by atoms with Gasteiger partial charge in [0.05, 0.1) is 17.1 Å². The molecule has 1 aromatic heterocycles. The quantitative estimate of drug-likeness (QED) is 0.822. The van der Waals surface area contributed by atoms with Gasteiger partial charge in [-0.05, 0) is 44.4 Å². The number of likely N-dealkylation sites (tertiary alicyclic amines) is 1. The van der Waals surface area contributed by atoms with Crippen molar-refractivity contribution in [3.63, 3.8) is 0 Å². The van der Waals surface area contributed by atoms with Crippen LogP contribution in [0.4, 0.5) is 5.82 Å². The average molecular weight is 374 g/mol. The molecule has 6 heteroatoms. The van der Waals surface area contributed by atoms with Gasteiger partial charge in [-0.3, -0.25) is 4.79 Å². The summed E-state index contributed by atoms with van der Waals surface area (Å²) in [5.74, 6) is 1.39. The Kier molecular flexibility index (Phi) is 6.34. The van der Waals surface area contributed by atoms with Gasteiger partial charge in [0.2, 0.25) is 0 Å². The predicted octanol–water partition coefficient (Wildman–Crippen LogP) is 4.24. The molecule has 138 valence electrons. The number of piperidine rings is 1. The maximum atomic E-state index is 12.5. The molecule has 5 nitrogen and oxygen atoms in total. The smallest absolute Gasteiger partial charge is 0.255 e. The van der Waals surface area contributed by atoms with E-state index in [1.807, 2.05) is 42.2 Å². The third-order valence-electron chi connectivity index (χ3n) is 4.37. The fourth-order valence-corrected chi connectivity index (χ4v) is 3.21. The lowest BCUT2D eigenvalue weighted by molar-refractivity contribution is 0.0724. The van der Waals surface area contributed by atoms with E-state index in [2.05, 4.69) is 10.3 Å². The fraction of sp³-hybridized carbons (Fsp3) is 0.400. The highest BCUT2D eigenvalue weighted by molar-refractivity contribution is 6.33. The molecule has 1 aliphatic heterocycles. The van der Waals surface area contributed by atoms with Crippen molar-refractivity contribution >= 4 is 23.3 Å². The normalized spacial score (nSPS) is 15.4. The lowest BCUT2D eigenvalue weighted by Gasteiger charge is -2.26. The van der Waals surface area contributed by atoms with E-state index in [0.717, 1.165) is 31.7 Å². The van der Waals surface area contributed by atoms with Gasteiger partial charge in [-0.1, -0.05) is 29.8 Å². The molecule has 1 fully saturated rings. The van der Waals surface area contributed by atoms with Crippen LogP contribution in [-0.4, -0.2) is 41.5 Å². The second kappa shape index (κ2) is 8.90. The number of hydrogen-bond acceptors (Lipinski definition) is 4. The number of aromatic nitrogens is 1. The van der Waals surface area contributed by atoms with Crippen LogP contribution in [0.5, 0.6) is 5.75 Å². The number of para-hydroxylation sites is 1. The third-order valence-corrected chi connectivity index (χ3v) is 4.66. The Morgan fingerprint density at radius 3 is 2.69 bits per heavy atom. The number of hydrogen-bond donors (Lipinski definition) is 1. The van der Waals surface area contributed by atoms with Gasteiger partial charge >= 0.3 is 0 Å². The monoisotopic (exact) mass is 373 g/mol. The second-order valence-corrected chi connectivity index (χ2v) is 6.94. The molecule has 0 saturated carbocycles. The molecular formula is C20H24ClN3O2. The molecule has 1 aliphatic rings. The van der Waals surface area contributed by atoms with Gasteiger partial charge in [-0.2, -0.15) is 0 Å². The lowest BCUT2D eigenvalue weighted by Crippen LogP contribution is -2.35. The number of rotatable bonds is 6. The van der Waals surface area contributed by atoms with Gasteiger partial charge in [0, 0.05) is 19.3 Å². The number of carbonyl (C=O) groups excluding carboxylic acids is 1. The van der Waals surface area contributed by atoms with Gasteiger partial charge in [0.1, 0.15) is 17.7 Å². The maximum Gasteiger partial charge on any atom is 0.255 e. The molecule has 2 aromatic rings. The first-order valence-electron chi connectivity index (χ1n) is 9.04. The summed E-state index contributed by atoms with van der Waals surface area (Å²) in [6.45, 7) is 4.15. The van der Waals surface area contributed by atoms with Crippen molar-refractivity contribution in [1.82, 2.24) is 9.88 Å². The van der Waals surface area contributed by atoms with Gasteiger partial charge < -0.3 is 15.0 Å². The summed E-state index contributed by atoms with van der Waals surface area (Å²) in [5, 5.41) is 3.63. The van der Waals surface area contributed by atoms with Crippen molar-refractivity contribution in [2.45, 2.75) is 32.3 Å². The van der Waals surface area contributed by atoms with E-state index in [1.54, 1.807) is 12.3 Å². The number of benzene rings is 1. The molecule has 0 aliphatic carbocycles. The van der Waals surface area contributed by atoms with E-state index in [1.165, 1.54) is 6.42 Å². The summed E-state index contributed by atoms with van der Waals surface area (Å²) in [4.78, 5) is 18.7. The lowest BCUT2D eigenvalue weighted by atomic mass is 10.1. The number of carbonyl (C=O) groups is 1. The molecule has 1 unspecified atom stereocenters. The number of halogens is 1. The molecule has 0 spiro atoms. The van der Waals surface area contributed by atoms with Crippen molar-refractivity contribution in [2.75, 3.05) is 25.0 Å². The van der Waals surface area contributed by atoms with Crippen molar-refractivity contribution < 1.29 is 9.53 Å². The predicted molar refractivity (Wildman–Crippen MR) is 104 cm³/mol. The highest BCUT2D eigenvalue weighted by atomic mass is 35.5. The summed E-state index contributed by atoms with van der Waals surface area (Å²) < 4.78 is 5.82. The van der Waals surface area contributed by atoms with Crippen LogP contribution in [-0.2, 0) is 0 Å². The number of nitrogens with one attached hydrogen (secondary N) is 1. The summed E-state index contributed by atoms with van der Waals surface area (Å²) >= 11 is 6.32. The fourth-order valence-electron chi connectivity index (χ4n) is 2.98. The van der Waals surface area contributed by atoms with Gasteiger partial charge in [0.25, 0.3) is 5.91 Å². The second-order valence-electron chi connectivity index (χ2n) is 6.53. The van der Waals surface area contributed by atoms with Crippen LogP contribution in [0, 0.1) is 0 Å². The summed E-state index contributed by atoms with van der Waals surface area (Å²) in [6.07, 6.45) is 4.85. The topological polar surface area (TPSA) is 54.5 Å². The van der Waals surface area contributed by atoms with Crippen LogP contribution in [0.15, 0.2) is 42.6 Å². The Morgan fingerprint density at radius 1 is 1.27 bits per heavy atom. The van der Waals surface area contributed by atoms with Gasteiger partial charge in [-0.15, -0.1) is 0 Å². The number of amides is 1. The van der Waals surface area contributed by atoms with Crippen LogP contribution in [0.2, 0.25) is 5.02 Å². The molecule has 2 heterocycles. The molecule has 26 heavy (non-hydrogen) atoms. The molecule has 1 saturated heterocycles. The number of pyridine rings is 1. The molecule has 1 amide bonds. The minimum atomic E-state index is -0.0510. The summed E-state index contributed by atoms with van der Waals surface area (Å²) in [5.41, 5.74) is 0.538. The maximum absolute atomic E-state index is 12.5. The van der Waals surface area contributed by atoms with Crippen molar-refractivity contribution in [1.29, 1.82) is 0 Å². The zero-order valence-electron chi connectivity index (χ0n) is 15.0. The number of anilines is 1. The van der Waals surface area contributed by atoms with Gasteiger partial charge in [-0.25, -0.2) is 4.98 Å². The number of nitrogens with zero attached hydrogens (tertiary/aromatic N) is 2. The SMILES string of the molecule is CC(CNc1ncc(C(=O)N2CCCCC2)cc1Cl)Oc1ccccc1. The van der Waals surface area contributed by atoms with Crippen LogP contribution >= 0.6 is 11.6 Å². The van der Waals surface area contributed by atoms with E-state index in [9.17, 15) is 4.79 Å². The van der Waals surface area contributed by atoms with E-state index < -0.39 is 0 Å². The van der Waals surface area contributed by atoms with Crippen molar-refractivity contribution in [3.05, 3.63) is 53.2 Å². The molecule has 0 radical (unpaired) electrons. The van der Waals surface area contributed by atoms with Crippen LogP contribution in [0.25, 0.3) is 0 Å². The van der Waals surface area contributed by atoms with Crippen LogP contribution in [0.3, 0.4) is 0 Å². The zero-order valence-corrected chi connectivity index (χ0v) is 15.7. The highest BCUT2D eigenvalue weighted by Gasteiger charge is 2.19. The minimum Gasteiger partial charge on any atom is -0.489 e. The van der Waals surface area contributed by atoms with Gasteiger partial charge in [0.15, 0.2) is 0 Å². The van der Waals surface area contributed by atoms with E-state index in [4.69, 9.17) is 16.3 Å². The van der Waals surface area contributed by atoms with Crippen LogP contribution < -0.4 is 10.1 Å². The first-order chi connectivity index (χ1) is 12.6. The first kappa shape index (κ1) is 18.5. The molecule has 0 bridgehead atoms. The Labute approximate surface area is 159 Å². The highest BCUT2D eigenvalue weighted by Crippen LogP contribution is 2.22. The average Bonchev–Trinajstić information content (AvgIpc) is 2.68. The van der Waals surface area contributed by atoms with Crippen molar-refractivity contribution in [2.24, 2.45) is 0 Å². The largest absolute Gasteiger partial charge is 0.489 e. The summed E-state index contributed by atoms with van der Waals surface area (Å²) in [6, 6.07) is 11.4. The van der Waals surface area contributed by atoms with E-state index >= 15 is 0 Å².